The summed E-state index contributed by atoms with van der Waals surface area (Å²) >= 11 is 0. The normalized spacial score (nSPS) is 12.0. The average Bonchev–Trinajstić information content (AvgIpc) is 2.93. The van der Waals surface area contributed by atoms with Crippen molar-refractivity contribution in [2.24, 2.45) is 0 Å². The Morgan fingerprint density at radius 3 is 2.43 bits per heavy atom. The lowest BCUT2D eigenvalue weighted by Crippen LogP contribution is -2.30. The van der Waals surface area contributed by atoms with Crippen LogP contribution in [0.4, 0.5) is 5.69 Å². The van der Waals surface area contributed by atoms with Crippen molar-refractivity contribution < 1.29 is 18.7 Å². The third-order valence-corrected chi connectivity index (χ3v) is 3.57. The van der Waals surface area contributed by atoms with E-state index in [1.54, 1.807) is 13.8 Å². The van der Waals surface area contributed by atoms with Crippen LogP contribution >= 0.6 is 0 Å². The van der Waals surface area contributed by atoms with E-state index in [-0.39, 0.29) is 11.8 Å². The van der Waals surface area contributed by atoms with Crippen LogP contribution in [0.15, 0.2) is 41.0 Å². The molecule has 0 aliphatic rings. The highest BCUT2D eigenvalue weighted by Gasteiger charge is 2.22. The van der Waals surface area contributed by atoms with E-state index in [4.69, 9.17) is 9.15 Å². The molecule has 1 amide bonds. The fourth-order valence-corrected chi connectivity index (χ4v) is 2.22. The van der Waals surface area contributed by atoms with E-state index in [1.165, 1.54) is 12.3 Å². The Morgan fingerprint density at radius 1 is 1.13 bits per heavy atom. The van der Waals surface area contributed by atoms with Gasteiger partial charge in [-0.15, -0.1) is 0 Å². The molecular formula is C18H21NO4. The molecule has 122 valence electrons. The van der Waals surface area contributed by atoms with Crippen molar-refractivity contribution in [3.63, 3.8) is 0 Å². The molecule has 5 heteroatoms. The summed E-state index contributed by atoms with van der Waals surface area (Å²) in [7, 11) is 0. The largest absolute Gasteiger partial charge is 0.469 e. The third-order valence-electron chi connectivity index (χ3n) is 3.57. The van der Waals surface area contributed by atoms with E-state index < -0.39 is 12.1 Å². The van der Waals surface area contributed by atoms with Crippen molar-refractivity contribution >= 4 is 17.6 Å². The summed E-state index contributed by atoms with van der Waals surface area (Å²) < 4.78 is 10.3. The summed E-state index contributed by atoms with van der Waals surface area (Å²) in [5, 5.41) is 2.82. The summed E-state index contributed by atoms with van der Waals surface area (Å²) in [6.07, 6.45) is 0.507. The first-order valence-electron chi connectivity index (χ1n) is 7.55. The number of carbonyl (C=O) groups is 2. The maximum absolute atomic E-state index is 12.3. The van der Waals surface area contributed by atoms with Gasteiger partial charge in [-0.05, 0) is 37.5 Å². The molecule has 1 heterocycles. The Balaban J connectivity index is 2.04. The second-order valence-corrected chi connectivity index (χ2v) is 5.67. The highest BCUT2D eigenvalue weighted by Crippen LogP contribution is 2.24. The average molecular weight is 315 g/mol. The number of nitrogens with one attached hydrogen (secondary N) is 1. The van der Waals surface area contributed by atoms with Gasteiger partial charge >= 0.3 is 5.97 Å². The zero-order valence-electron chi connectivity index (χ0n) is 13.8. The molecule has 0 unspecified atom stereocenters. The van der Waals surface area contributed by atoms with Crippen LogP contribution in [0.1, 0.15) is 48.4 Å². The molecule has 2 aromatic rings. The number of amides is 1. The van der Waals surface area contributed by atoms with Crippen molar-refractivity contribution in [2.45, 2.75) is 39.7 Å². The lowest BCUT2D eigenvalue weighted by molar-refractivity contribution is -0.123. The lowest BCUT2D eigenvalue weighted by Gasteiger charge is -2.17. The SMILES string of the molecule is Cc1occc1C(=O)O[C@@H](C)C(=O)Nc1ccccc1C(C)C. The minimum atomic E-state index is -0.906. The zero-order chi connectivity index (χ0) is 17.0. The molecule has 1 N–H and O–H groups in total. The zero-order valence-corrected chi connectivity index (χ0v) is 13.8. The number of ether oxygens (including phenoxy) is 1. The van der Waals surface area contributed by atoms with Gasteiger partial charge in [-0.1, -0.05) is 32.0 Å². The van der Waals surface area contributed by atoms with Crippen molar-refractivity contribution in [3.8, 4) is 0 Å². The Morgan fingerprint density at radius 2 is 1.83 bits per heavy atom. The maximum Gasteiger partial charge on any atom is 0.342 e. The smallest absolute Gasteiger partial charge is 0.342 e. The fourth-order valence-electron chi connectivity index (χ4n) is 2.22. The quantitative estimate of drug-likeness (QED) is 0.850. The molecule has 0 fully saturated rings. The molecule has 1 aromatic carbocycles. The predicted molar refractivity (Wildman–Crippen MR) is 87.5 cm³/mol. The molecule has 1 atom stereocenters. The molecule has 0 bridgehead atoms. The number of hydrogen-bond donors (Lipinski definition) is 1. The van der Waals surface area contributed by atoms with Gasteiger partial charge in [0.1, 0.15) is 11.3 Å². The van der Waals surface area contributed by atoms with E-state index in [1.807, 2.05) is 24.3 Å². The van der Waals surface area contributed by atoms with Gasteiger partial charge in [0.15, 0.2) is 6.10 Å². The number of para-hydroxylation sites is 1. The van der Waals surface area contributed by atoms with E-state index in [2.05, 4.69) is 19.2 Å². The molecule has 5 nitrogen and oxygen atoms in total. The lowest BCUT2D eigenvalue weighted by atomic mass is 10.0. The molecule has 0 radical (unpaired) electrons. The molecule has 2 rings (SSSR count). The monoisotopic (exact) mass is 315 g/mol. The molecule has 0 aliphatic carbocycles. The van der Waals surface area contributed by atoms with E-state index in [0.29, 0.717) is 11.3 Å². The van der Waals surface area contributed by atoms with Gasteiger partial charge in [0.25, 0.3) is 5.91 Å². The van der Waals surface area contributed by atoms with E-state index in [0.717, 1.165) is 11.3 Å². The molecule has 0 saturated heterocycles. The van der Waals surface area contributed by atoms with Gasteiger partial charge in [0, 0.05) is 5.69 Å². The van der Waals surface area contributed by atoms with Crippen LogP contribution in [-0.2, 0) is 9.53 Å². The van der Waals surface area contributed by atoms with Gasteiger partial charge in [-0.2, -0.15) is 0 Å². The first-order valence-corrected chi connectivity index (χ1v) is 7.55. The maximum atomic E-state index is 12.3. The molecule has 0 aliphatic heterocycles. The van der Waals surface area contributed by atoms with Crippen LogP contribution in [0, 0.1) is 6.92 Å². The van der Waals surface area contributed by atoms with Crippen LogP contribution < -0.4 is 5.32 Å². The highest BCUT2D eigenvalue weighted by molar-refractivity contribution is 5.98. The summed E-state index contributed by atoms with van der Waals surface area (Å²) in [4.78, 5) is 24.3. The Bertz CT molecular complexity index is 703. The van der Waals surface area contributed by atoms with Gasteiger partial charge in [0.05, 0.1) is 6.26 Å². The van der Waals surface area contributed by atoms with Crippen molar-refractivity contribution in [1.29, 1.82) is 0 Å². The third kappa shape index (κ3) is 4.00. The number of rotatable bonds is 5. The second-order valence-electron chi connectivity index (χ2n) is 5.67. The Kier molecular flexibility index (Phi) is 5.21. The van der Waals surface area contributed by atoms with Gasteiger partial charge in [-0.25, -0.2) is 4.79 Å². The number of carbonyl (C=O) groups excluding carboxylic acids is 2. The molecular weight excluding hydrogens is 294 g/mol. The second kappa shape index (κ2) is 7.13. The van der Waals surface area contributed by atoms with Crippen molar-refractivity contribution in [2.75, 3.05) is 5.32 Å². The van der Waals surface area contributed by atoms with E-state index >= 15 is 0 Å². The minimum absolute atomic E-state index is 0.276. The number of anilines is 1. The van der Waals surface area contributed by atoms with Crippen molar-refractivity contribution in [3.05, 3.63) is 53.5 Å². The Hall–Kier alpha value is -2.56. The molecule has 1 aromatic heterocycles. The van der Waals surface area contributed by atoms with Crippen LogP contribution in [-0.4, -0.2) is 18.0 Å². The van der Waals surface area contributed by atoms with Crippen LogP contribution in [0.3, 0.4) is 0 Å². The summed E-state index contributed by atoms with van der Waals surface area (Å²) in [5.41, 5.74) is 2.09. The fraction of sp³-hybridized carbons (Fsp3) is 0.333. The topological polar surface area (TPSA) is 68.5 Å². The summed E-state index contributed by atoms with van der Waals surface area (Å²) in [6.45, 7) is 7.31. The number of esters is 1. The minimum Gasteiger partial charge on any atom is -0.469 e. The number of furan rings is 1. The van der Waals surface area contributed by atoms with E-state index in [9.17, 15) is 9.59 Å². The molecule has 0 saturated carbocycles. The first kappa shape index (κ1) is 16.8. The molecule has 0 spiro atoms. The van der Waals surface area contributed by atoms with Crippen LogP contribution in [0.25, 0.3) is 0 Å². The predicted octanol–water partition coefficient (Wildman–Crippen LogP) is 3.90. The highest BCUT2D eigenvalue weighted by atomic mass is 16.5. The van der Waals surface area contributed by atoms with Crippen molar-refractivity contribution in [1.82, 2.24) is 0 Å². The van der Waals surface area contributed by atoms with Crippen LogP contribution in [0.2, 0.25) is 0 Å². The molecule has 23 heavy (non-hydrogen) atoms. The number of hydrogen-bond acceptors (Lipinski definition) is 4. The van der Waals surface area contributed by atoms with Crippen LogP contribution in [0.5, 0.6) is 0 Å². The number of benzene rings is 1. The summed E-state index contributed by atoms with van der Waals surface area (Å²) in [5.74, 6) is -0.200. The first-order chi connectivity index (χ1) is 10.9. The van der Waals surface area contributed by atoms with Gasteiger partial charge < -0.3 is 14.5 Å². The van der Waals surface area contributed by atoms with Gasteiger partial charge in [-0.3, -0.25) is 4.79 Å². The summed E-state index contributed by atoms with van der Waals surface area (Å²) in [6, 6.07) is 9.10. The standard InChI is InChI=1S/C18H21NO4/c1-11(2)14-7-5-6-8-16(14)19-17(20)13(4)23-18(21)15-9-10-22-12(15)3/h5-11,13H,1-4H3,(H,19,20)/t13-/m0/s1. The Labute approximate surface area is 135 Å². The number of aryl methyl sites for hydroxylation is 1. The van der Waals surface area contributed by atoms with Gasteiger partial charge in [0.2, 0.25) is 0 Å².